The molecule has 0 aliphatic carbocycles. The lowest BCUT2D eigenvalue weighted by Gasteiger charge is -2.09. The average molecular weight is 335 g/mol. The maximum atomic E-state index is 12.0. The van der Waals surface area contributed by atoms with Gasteiger partial charge in [-0.15, -0.1) is 10.2 Å². The molecule has 1 heterocycles. The Bertz CT molecular complexity index is 598. The van der Waals surface area contributed by atoms with Crippen molar-refractivity contribution in [3.63, 3.8) is 0 Å². The van der Waals surface area contributed by atoms with Gasteiger partial charge >= 0.3 is 0 Å². The summed E-state index contributed by atoms with van der Waals surface area (Å²) in [5, 5.41) is 13.8. The molecule has 0 fully saturated rings. The van der Waals surface area contributed by atoms with Crippen molar-refractivity contribution < 1.29 is 4.79 Å². The lowest BCUT2D eigenvalue weighted by Crippen LogP contribution is -2.16. The van der Waals surface area contributed by atoms with Crippen LogP contribution >= 0.6 is 15.9 Å². The molecule has 2 rings (SSSR count). The Kier molecular flexibility index (Phi) is 4.68. The number of carbonyl (C=O) groups excluding carboxylic acids is 1. The number of rotatable bonds is 4. The molecule has 1 aromatic carbocycles. The Balaban J connectivity index is 2.08. The highest BCUT2D eigenvalue weighted by atomic mass is 79.9. The average Bonchev–Trinajstić information content (AvgIpc) is 2.41. The summed E-state index contributed by atoms with van der Waals surface area (Å²) in [4.78, 5) is 12.0. The second kappa shape index (κ2) is 6.47. The molecule has 6 heteroatoms. The highest BCUT2D eigenvalue weighted by Gasteiger charge is 2.10. The largest absolute Gasteiger partial charge is 0.366 e. The fourth-order valence-electron chi connectivity index (χ4n) is 1.58. The van der Waals surface area contributed by atoms with Crippen LogP contribution in [0.4, 0.5) is 11.5 Å². The zero-order valence-electron chi connectivity index (χ0n) is 11.2. The molecular weight excluding hydrogens is 320 g/mol. The molecule has 0 aliphatic heterocycles. The van der Waals surface area contributed by atoms with Gasteiger partial charge in [-0.2, -0.15) is 0 Å². The van der Waals surface area contributed by atoms with Crippen LogP contribution in [-0.2, 0) is 0 Å². The third-order valence-electron chi connectivity index (χ3n) is 2.46. The number of benzene rings is 1. The lowest BCUT2D eigenvalue weighted by atomic mass is 10.3. The van der Waals surface area contributed by atoms with Crippen molar-refractivity contribution in [3.8, 4) is 0 Å². The smallest absolute Gasteiger partial charge is 0.276 e. The topological polar surface area (TPSA) is 66.9 Å². The Morgan fingerprint density at radius 3 is 2.50 bits per heavy atom. The molecule has 0 saturated carbocycles. The summed E-state index contributed by atoms with van der Waals surface area (Å²) >= 11 is 3.38. The van der Waals surface area contributed by atoms with Crippen molar-refractivity contribution in [1.82, 2.24) is 10.2 Å². The number of nitrogens with one attached hydrogen (secondary N) is 2. The van der Waals surface area contributed by atoms with E-state index in [0.717, 1.165) is 4.47 Å². The normalized spacial score (nSPS) is 10.4. The van der Waals surface area contributed by atoms with E-state index in [0.29, 0.717) is 11.5 Å². The maximum absolute atomic E-state index is 12.0. The Labute approximate surface area is 125 Å². The van der Waals surface area contributed by atoms with Crippen LogP contribution in [0.2, 0.25) is 0 Å². The fourth-order valence-corrected chi connectivity index (χ4v) is 1.96. The van der Waals surface area contributed by atoms with Crippen molar-refractivity contribution in [2.45, 2.75) is 19.9 Å². The molecule has 0 bridgehead atoms. The highest BCUT2D eigenvalue weighted by Crippen LogP contribution is 2.21. The first-order chi connectivity index (χ1) is 9.56. The third-order valence-corrected chi connectivity index (χ3v) is 3.15. The van der Waals surface area contributed by atoms with Gasteiger partial charge in [0.25, 0.3) is 5.91 Å². The molecule has 1 aromatic heterocycles. The van der Waals surface area contributed by atoms with Gasteiger partial charge in [0.2, 0.25) is 0 Å². The number of para-hydroxylation sites is 1. The van der Waals surface area contributed by atoms with Crippen LogP contribution in [0, 0.1) is 0 Å². The van der Waals surface area contributed by atoms with E-state index in [9.17, 15) is 4.79 Å². The Morgan fingerprint density at radius 2 is 1.90 bits per heavy atom. The summed E-state index contributed by atoms with van der Waals surface area (Å²) in [6, 6.07) is 11.0. The van der Waals surface area contributed by atoms with Gasteiger partial charge in [0, 0.05) is 10.5 Å². The van der Waals surface area contributed by atoms with Crippen LogP contribution in [0.3, 0.4) is 0 Å². The zero-order valence-corrected chi connectivity index (χ0v) is 12.8. The van der Waals surface area contributed by atoms with Crippen molar-refractivity contribution in [2.75, 3.05) is 10.6 Å². The number of amides is 1. The summed E-state index contributed by atoms with van der Waals surface area (Å²) in [5.41, 5.74) is 0.971. The van der Waals surface area contributed by atoms with Crippen LogP contribution in [0.15, 0.2) is 40.9 Å². The highest BCUT2D eigenvalue weighted by molar-refractivity contribution is 9.10. The summed E-state index contributed by atoms with van der Waals surface area (Å²) in [6.07, 6.45) is 0. The molecule has 2 aromatic rings. The fraction of sp³-hybridized carbons (Fsp3) is 0.214. The molecule has 0 atom stereocenters. The van der Waals surface area contributed by atoms with E-state index in [-0.39, 0.29) is 17.6 Å². The Hall–Kier alpha value is -1.95. The molecular formula is C14H15BrN4O. The van der Waals surface area contributed by atoms with Gasteiger partial charge in [0.1, 0.15) is 5.82 Å². The number of anilines is 2. The standard InChI is InChI=1S/C14H15BrN4O/c1-9(2)16-13-8-7-12(18-19-13)14(20)17-11-6-4-3-5-10(11)15/h3-9H,1-2H3,(H,16,19)(H,17,20). The zero-order chi connectivity index (χ0) is 14.5. The lowest BCUT2D eigenvalue weighted by molar-refractivity contribution is 0.102. The third kappa shape index (κ3) is 3.77. The van der Waals surface area contributed by atoms with E-state index in [1.165, 1.54) is 0 Å². The number of carbonyl (C=O) groups is 1. The monoisotopic (exact) mass is 334 g/mol. The minimum absolute atomic E-state index is 0.268. The van der Waals surface area contributed by atoms with E-state index in [1.807, 2.05) is 38.1 Å². The van der Waals surface area contributed by atoms with Crippen LogP contribution in [-0.4, -0.2) is 22.1 Å². The van der Waals surface area contributed by atoms with E-state index in [1.54, 1.807) is 12.1 Å². The molecule has 1 amide bonds. The van der Waals surface area contributed by atoms with Gasteiger partial charge in [-0.3, -0.25) is 4.79 Å². The van der Waals surface area contributed by atoms with E-state index >= 15 is 0 Å². The van der Waals surface area contributed by atoms with Gasteiger partial charge in [0.15, 0.2) is 5.69 Å². The minimum Gasteiger partial charge on any atom is -0.366 e. The van der Waals surface area contributed by atoms with Crippen LogP contribution in [0.5, 0.6) is 0 Å². The summed E-state index contributed by atoms with van der Waals surface area (Å²) < 4.78 is 0.819. The maximum Gasteiger partial charge on any atom is 0.276 e. The SMILES string of the molecule is CC(C)Nc1ccc(C(=O)Nc2ccccc2Br)nn1. The van der Waals surface area contributed by atoms with Crippen molar-refractivity contribution >= 4 is 33.3 Å². The summed E-state index contributed by atoms with van der Waals surface area (Å²) in [7, 11) is 0. The molecule has 0 aliphatic rings. The van der Waals surface area contributed by atoms with E-state index < -0.39 is 0 Å². The molecule has 20 heavy (non-hydrogen) atoms. The number of aromatic nitrogens is 2. The number of hydrogen-bond donors (Lipinski definition) is 2. The molecule has 5 nitrogen and oxygen atoms in total. The minimum atomic E-state index is -0.291. The predicted octanol–water partition coefficient (Wildman–Crippen LogP) is 3.31. The first-order valence-electron chi connectivity index (χ1n) is 6.22. The van der Waals surface area contributed by atoms with Crippen LogP contribution in [0.25, 0.3) is 0 Å². The molecule has 0 unspecified atom stereocenters. The molecule has 0 saturated heterocycles. The van der Waals surface area contributed by atoms with Gasteiger partial charge in [0.05, 0.1) is 5.69 Å². The first-order valence-corrected chi connectivity index (χ1v) is 7.01. The molecule has 2 N–H and O–H groups in total. The van der Waals surface area contributed by atoms with Gasteiger partial charge in [-0.05, 0) is 54.0 Å². The summed E-state index contributed by atoms with van der Waals surface area (Å²) in [5.74, 6) is 0.359. The number of nitrogens with zero attached hydrogens (tertiary/aromatic N) is 2. The second-order valence-electron chi connectivity index (χ2n) is 4.54. The second-order valence-corrected chi connectivity index (χ2v) is 5.39. The van der Waals surface area contributed by atoms with Gasteiger partial charge < -0.3 is 10.6 Å². The summed E-state index contributed by atoms with van der Waals surface area (Å²) in [6.45, 7) is 4.02. The Morgan fingerprint density at radius 1 is 1.15 bits per heavy atom. The number of halogens is 1. The van der Waals surface area contributed by atoms with E-state index in [4.69, 9.17) is 0 Å². The molecule has 0 spiro atoms. The number of hydrogen-bond acceptors (Lipinski definition) is 4. The van der Waals surface area contributed by atoms with Crippen molar-refractivity contribution in [3.05, 3.63) is 46.6 Å². The quantitative estimate of drug-likeness (QED) is 0.900. The van der Waals surface area contributed by atoms with Crippen LogP contribution in [0.1, 0.15) is 24.3 Å². The molecule has 0 radical (unpaired) electrons. The van der Waals surface area contributed by atoms with Gasteiger partial charge in [-0.25, -0.2) is 0 Å². The predicted molar refractivity (Wildman–Crippen MR) is 82.9 cm³/mol. The first kappa shape index (κ1) is 14.5. The van der Waals surface area contributed by atoms with Crippen molar-refractivity contribution in [2.24, 2.45) is 0 Å². The van der Waals surface area contributed by atoms with Gasteiger partial charge in [-0.1, -0.05) is 12.1 Å². The molecule has 104 valence electrons. The van der Waals surface area contributed by atoms with E-state index in [2.05, 4.69) is 36.8 Å². The van der Waals surface area contributed by atoms with Crippen LogP contribution < -0.4 is 10.6 Å². The van der Waals surface area contributed by atoms with Crippen molar-refractivity contribution in [1.29, 1.82) is 0 Å².